The third kappa shape index (κ3) is 3.81. The van der Waals surface area contributed by atoms with Gasteiger partial charge in [0.05, 0.1) is 22.7 Å². The fraction of sp³-hybridized carbons (Fsp3) is 0.455. The third-order valence-corrected chi connectivity index (χ3v) is 6.06. The highest BCUT2D eigenvalue weighted by Crippen LogP contribution is 2.31. The first-order valence-electron chi connectivity index (χ1n) is 10.4. The number of imidazole rings is 1. The van der Waals surface area contributed by atoms with Crippen molar-refractivity contribution in [3.8, 4) is 0 Å². The Hall–Kier alpha value is -3.20. The Morgan fingerprint density at radius 1 is 1.29 bits per heavy atom. The van der Waals surface area contributed by atoms with Gasteiger partial charge >= 0.3 is 5.69 Å². The monoisotopic (exact) mass is 425 g/mol. The summed E-state index contributed by atoms with van der Waals surface area (Å²) in [7, 11) is 0. The number of likely N-dealkylation sites (tertiary alicyclic amines) is 1. The van der Waals surface area contributed by atoms with Crippen molar-refractivity contribution < 1.29 is 9.90 Å². The standard InChI is InChI=1S/C22H27N5O4/c1-12(2)18-23-15-6-5-14(9-16(15)24-18)20(29)26-8-7-22(4,31)17(11-26)27-10-13(3)19(28)25-21(27)30/h5-6,9-10,12,17,31H,7-8,11H2,1-4H3,(H,23,24)(H,25,28,30)/t17-,22-/m1/s1. The number of aromatic nitrogens is 4. The van der Waals surface area contributed by atoms with Gasteiger partial charge in [0.1, 0.15) is 5.82 Å². The van der Waals surface area contributed by atoms with Gasteiger partial charge in [0.25, 0.3) is 11.5 Å². The molecular formula is C22H27N5O4. The molecule has 1 aliphatic heterocycles. The number of amides is 1. The van der Waals surface area contributed by atoms with Gasteiger partial charge in [-0.1, -0.05) is 13.8 Å². The lowest BCUT2D eigenvalue weighted by molar-refractivity contribution is -0.0460. The Bertz CT molecular complexity index is 1270. The molecule has 0 spiro atoms. The molecule has 1 amide bonds. The maximum Gasteiger partial charge on any atom is 0.328 e. The summed E-state index contributed by atoms with van der Waals surface area (Å²) < 4.78 is 1.32. The van der Waals surface area contributed by atoms with E-state index in [0.29, 0.717) is 24.1 Å². The van der Waals surface area contributed by atoms with Crippen LogP contribution in [-0.2, 0) is 0 Å². The van der Waals surface area contributed by atoms with Gasteiger partial charge in [-0.15, -0.1) is 0 Å². The van der Waals surface area contributed by atoms with E-state index in [1.807, 2.05) is 19.9 Å². The van der Waals surface area contributed by atoms with Crippen LogP contribution >= 0.6 is 0 Å². The Kier molecular flexibility index (Phi) is 5.09. The van der Waals surface area contributed by atoms with E-state index in [1.54, 1.807) is 30.9 Å². The second-order valence-electron chi connectivity index (χ2n) is 8.86. The molecule has 1 saturated heterocycles. The van der Waals surface area contributed by atoms with Gasteiger partial charge in [-0.25, -0.2) is 9.78 Å². The van der Waals surface area contributed by atoms with E-state index >= 15 is 0 Å². The SMILES string of the molecule is Cc1cn([C@@H]2CN(C(=O)c3ccc4nc(C(C)C)[nH]c4c3)CC[C@@]2(C)O)c(=O)[nH]c1=O. The lowest BCUT2D eigenvalue weighted by atomic mass is 9.87. The van der Waals surface area contributed by atoms with Crippen LogP contribution in [0.4, 0.5) is 0 Å². The topological polar surface area (TPSA) is 124 Å². The second kappa shape index (κ2) is 7.49. The summed E-state index contributed by atoms with van der Waals surface area (Å²) in [6.07, 6.45) is 1.75. The number of nitrogens with one attached hydrogen (secondary N) is 2. The van der Waals surface area contributed by atoms with Gasteiger partial charge in [0, 0.05) is 36.3 Å². The Morgan fingerprint density at radius 3 is 2.74 bits per heavy atom. The number of fused-ring (bicyclic) bond motifs is 1. The van der Waals surface area contributed by atoms with Crippen molar-refractivity contribution >= 4 is 16.9 Å². The molecule has 9 nitrogen and oxygen atoms in total. The number of carbonyl (C=O) groups excluding carboxylic acids is 1. The summed E-state index contributed by atoms with van der Waals surface area (Å²) in [5.41, 5.74) is 0.206. The second-order valence-corrected chi connectivity index (χ2v) is 8.86. The van der Waals surface area contributed by atoms with Crippen LogP contribution in [0.5, 0.6) is 0 Å². The average molecular weight is 425 g/mol. The lowest BCUT2D eigenvalue weighted by Gasteiger charge is -2.43. The van der Waals surface area contributed by atoms with Crippen LogP contribution in [0.1, 0.15) is 60.9 Å². The number of hydrogen-bond donors (Lipinski definition) is 3. The quantitative estimate of drug-likeness (QED) is 0.589. The van der Waals surface area contributed by atoms with Crippen molar-refractivity contribution in [2.24, 2.45) is 0 Å². The number of aliphatic hydroxyl groups is 1. The summed E-state index contributed by atoms with van der Waals surface area (Å²) >= 11 is 0. The number of nitrogens with zero attached hydrogens (tertiary/aromatic N) is 3. The Morgan fingerprint density at radius 2 is 2.03 bits per heavy atom. The van der Waals surface area contributed by atoms with Crippen LogP contribution in [0.2, 0.25) is 0 Å². The van der Waals surface area contributed by atoms with Gasteiger partial charge in [-0.05, 0) is 38.5 Å². The first-order valence-corrected chi connectivity index (χ1v) is 10.4. The number of hydrogen-bond acceptors (Lipinski definition) is 5. The minimum atomic E-state index is -1.20. The van der Waals surface area contributed by atoms with Crippen LogP contribution < -0.4 is 11.2 Å². The molecule has 2 atom stereocenters. The number of H-pyrrole nitrogens is 2. The molecule has 0 bridgehead atoms. The normalized spacial score (nSPS) is 21.7. The lowest BCUT2D eigenvalue weighted by Crippen LogP contribution is -2.55. The van der Waals surface area contributed by atoms with Gasteiger partial charge in [-0.2, -0.15) is 0 Å². The molecule has 0 unspecified atom stereocenters. The minimum Gasteiger partial charge on any atom is -0.388 e. The fourth-order valence-corrected chi connectivity index (χ4v) is 4.03. The van der Waals surface area contributed by atoms with E-state index in [0.717, 1.165) is 16.9 Å². The molecule has 3 aromatic rings. The molecule has 9 heteroatoms. The molecule has 0 saturated carbocycles. The van der Waals surface area contributed by atoms with Crippen molar-refractivity contribution in [1.29, 1.82) is 0 Å². The van der Waals surface area contributed by atoms with Crippen LogP contribution in [0.25, 0.3) is 11.0 Å². The zero-order valence-corrected chi connectivity index (χ0v) is 18.1. The van der Waals surface area contributed by atoms with E-state index in [4.69, 9.17) is 0 Å². The number of benzene rings is 1. The summed E-state index contributed by atoms with van der Waals surface area (Å²) in [5, 5.41) is 10.9. The Labute approximate surface area is 178 Å². The van der Waals surface area contributed by atoms with Crippen molar-refractivity contribution in [1.82, 2.24) is 24.4 Å². The van der Waals surface area contributed by atoms with Crippen molar-refractivity contribution in [3.63, 3.8) is 0 Å². The maximum absolute atomic E-state index is 13.2. The molecule has 2 aromatic heterocycles. The zero-order valence-electron chi connectivity index (χ0n) is 18.1. The Balaban J connectivity index is 1.65. The predicted molar refractivity (Wildman–Crippen MR) is 116 cm³/mol. The summed E-state index contributed by atoms with van der Waals surface area (Å²) in [5.74, 6) is 0.925. The van der Waals surface area contributed by atoms with Crippen LogP contribution in [0, 0.1) is 6.92 Å². The van der Waals surface area contributed by atoms with Crippen LogP contribution in [-0.4, -0.2) is 54.1 Å². The highest BCUT2D eigenvalue weighted by Gasteiger charge is 2.41. The van der Waals surface area contributed by atoms with Crippen molar-refractivity contribution in [2.75, 3.05) is 13.1 Å². The number of carbonyl (C=O) groups is 1. The molecule has 3 N–H and O–H groups in total. The van der Waals surface area contributed by atoms with E-state index < -0.39 is 22.9 Å². The molecule has 31 heavy (non-hydrogen) atoms. The summed E-state index contributed by atoms with van der Waals surface area (Å²) in [4.78, 5) is 49.1. The highest BCUT2D eigenvalue weighted by molar-refractivity contribution is 5.97. The summed E-state index contributed by atoms with van der Waals surface area (Å²) in [6.45, 7) is 7.85. The maximum atomic E-state index is 13.2. The first-order chi connectivity index (χ1) is 14.6. The van der Waals surface area contributed by atoms with Gasteiger partial charge in [0.15, 0.2) is 0 Å². The molecule has 4 rings (SSSR count). The van der Waals surface area contributed by atoms with Crippen LogP contribution in [0.15, 0.2) is 34.0 Å². The van der Waals surface area contributed by atoms with E-state index in [1.165, 1.54) is 10.8 Å². The molecule has 164 valence electrons. The fourth-order valence-electron chi connectivity index (χ4n) is 4.03. The number of aromatic amines is 2. The molecule has 1 aromatic carbocycles. The number of rotatable bonds is 3. The zero-order chi connectivity index (χ0) is 22.5. The number of aryl methyl sites for hydroxylation is 1. The smallest absolute Gasteiger partial charge is 0.328 e. The van der Waals surface area contributed by atoms with Gasteiger partial charge in [-0.3, -0.25) is 19.1 Å². The average Bonchev–Trinajstić information content (AvgIpc) is 3.14. The first kappa shape index (κ1) is 21.0. The molecule has 1 aliphatic rings. The van der Waals surface area contributed by atoms with E-state index in [9.17, 15) is 19.5 Å². The van der Waals surface area contributed by atoms with Crippen molar-refractivity contribution in [2.45, 2.75) is 51.7 Å². The van der Waals surface area contributed by atoms with Crippen molar-refractivity contribution in [3.05, 3.63) is 62.2 Å². The predicted octanol–water partition coefficient (Wildman–Crippen LogP) is 1.68. The minimum absolute atomic E-state index is 0.148. The van der Waals surface area contributed by atoms with E-state index in [-0.39, 0.29) is 18.4 Å². The largest absolute Gasteiger partial charge is 0.388 e. The highest BCUT2D eigenvalue weighted by atomic mass is 16.3. The van der Waals surface area contributed by atoms with Gasteiger partial charge in [0.2, 0.25) is 0 Å². The molecular weight excluding hydrogens is 398 g/mol. The molecule has 0 radical (unpaired) electrons. The number of piperidine rings is 1. The van der Waals surface area contributed by atoms with Gasteiger partial charge < -0.3 is 15.0 Å². The molecule has 3 heterocycles. The molecule has 0 aliphatic carbocycles. The third-order valence-electron chi connectivity index (χ3n) is 6.06. The summed E-state index contributed by atoms with van der Waals surface area (Å²) in [6, 6.07) is 4.66. The van der Waals surface area contributed by atoms with E-state index in [2.05, 4.69) is 15.0 Å². The van der Waals surface area contributed by atoms with Crippen LogP contribution in [0.3, 0.4) is 0 Å². The molecule has 1 fully saturated rings.